The summed E-state index contributed by atoms with van der Waals surface area (Å²) in [5.74, 6) is 0.355. The number of nitrogens with zero attached hydrogens (tertiary/aromatic N) is 1. The maximum absolute atomic E-state index is 14.2. The van der Waals surface area contributed by atoms with Gasteiger partial charge in [0.05, 0.1) is 17.5 Å². The molecule has 1 fully saturated rings. The third-order valence-electron chi connectivity index (χ3n) is 5.91. The topological polar surface area (TPSA) is 58.6 Å². The predicted molar refractivity (Wildman–Crippen MR) is 116 cm³/mol. The van der Waals surface area contributed by atoms with Crippen molar-refractivity contribution < 1.29 is 18.7 Å². The van der Waals surface area contributed by atoms with Crippen LogP contribution < -0.4 is 10.1 Å². The SMILES string of the molecule is CC(=O)c1ccc(-c2cc(F)cc3c2O[C@H](CNC(=O)[C@H]2CCCCCN2C)C3)s1. The average Bonchev–Trinajstić information content (AvgIpc) is 3.29. The number of carbonyl (C=O) groups excluding carboxylic acids is 2. The van der Waals surface area contributed by atoms with Gasteiger partial charge in [-0.2, -0.15) is 0 Å². The molecule has 1 saturated heterocycles. The molecular formula is C23H27FN2O3S. The smallest absolute Gasteiger partial charge is 0.237 e. The first-order valence-electron chi connectivity index (χ1n) is 10.5. The minimum atomic E-state index is -0.324. The maximum Gasteiger partial charge on any atom is 0.237 e. The number of nitrogens with one attached hydrogen (secondary N) is 1. The third-order valence-corrected chi connectivity index (χ3v) is 7.13. The molecule has 0 saturated carbocycles. The zero-order chi connectivity index (χ0) is 21.3. The number of amides is 1. The second kappa shape index (κ2) is 8.86. The molecule has 0 radical (unpaired) electrons. The second-order valence-corrected chi connectivity index (χ2v) is 9.28. The van der Waals surface area contributed by atoms with Crippen LogP contribution >= 0.6 is 11.3 Å². The zero-order valence-corrected chi connectivity index (χ0v) is 18.2. The summed E-state index contributed by atoms with van der Waals surface area (Å²) >= 11 is 1.34. The van der Waals surface area contributed by atoms with Gasteiger partial charge in [0, 0.05) is 22.4 Å². The Bertz CT molecular complexity index is 958. The summed E-state index contributed by atoms with van der Waals surface area (Å²) in [4.78, 5) is 27.9. The molecule has 7 heteroatoms. The Morgan fingerprint density at radius 1 is 1.27 bits per heavy atom. The highest BCUT2D eigenvalue weighted by molar-refractivity contribution is 7.17. The number of hydrogen-bond acceptors (Lipinski definition) is 5. The number of likely N-dealkylation sites (tertiary alicyclic amines) is 1. The van der Waals surface area contributed by atoms with Crippen LogP contribution in [0.25, 0.3) is 10.4 Å². The predicted octanol–water partition coefficient (Wildman–Crippen LogP) is 4.05. The van der Waals surface area contributed by atoms with Crippen molar-refractivity contribution in [1.29, 1.82) is 0 Å². The number of carbonyl (C=O) groups is 2. The van der Waals surface area contributed by atoms with Gasteiger partial charge in [-0.25, -0.2) is 4.39 Å². The zero-order valence-electron chi connectivity index (χ0n) is 17.4. The van der Waals surface area contributed by atoms with E-state index in [1.165, 1.54) is 30.4 Å². The van der Waals surface area contributed by atoms with Crippen molar-refractivity contribution in [2.45, 2.75) is 51.2 Å². The second-order valence-electron chi connectivity index (χ2n) is 8.20. The number of benzene rings is 1. The van der Waals surface area contributed by atoms with Gasteiger partial charge in [-0.3, -0.25) is 14.5 Å². The normalized spacial score (nSPS) is 21.6. The van der Waals surface area contributed by atoms with Gasteiger partial charge in [-0.1, -0.05) is 12.8 Å². The van der Waals surface area contributed by atoms with Crippen LogP contribution in [0, 0.1) is 5.82 Å². The number of likely N-dealkylation sites (N-methyl/N-ethyl adjacent to an activating group) is 1. The van der Waals surface area contributed by atoms with E-state index in [1.54, 1.807) is 6.07 Å². The van der Waals surface area contributed by atoms with Crippen LogP contribution in [0.5, 0.6) is 5.75 Å². The first-order valence-corrected chi connectivity index (χ1v) is 11.3. The summed E-state index contributed by atoms with van der Waals surface area (Å²) in [6, 6.07) is 6.45. The van der Waals surface area contributed by atoms with E-state index in [-0.39, 0.29) is 29.7 Å². The first kappa shape index (κ1) is 21.0. The van der Waals surface area contributed by atoms with Crippen LogP contribution in [-0.4, -0.2) is 48.9 Å². The fourth-order valence-corrected chi connectivity index (χ4v) is 5.19. The van der Waals surface area contributed by atoms with Crippen LogP contribution in [0.2, 0.25) is 0 Å². The van der Waals surface area contributed by atoms with Gasteiger partial charge < -0.3 is 10.1 Å². The fraction of sp³-hybridized carbons (Fsp3) is 0.478. The summed E-state index contributed by atoms with van der Waals surface area (Å²) < 4.78 is 20.4. The number of fused-ring (bicyclic) bond motifs is 1. The number of rotatable bonds is 5. The molecular weight excluding hydrogens is 403 g/mol. The molecule has 3 heterocycles. The number of thiophene rings is 1. The molecule has 1 amide bonds. The monoisotopic (exact) mass is 430 g/mol. The fourth-order valence-electron chi connectivity index (χ4n) is 4.28. The highest BCUT2D eigenvalue weighted by Gasteiger charge is 2.30. The Hall–Kier alpha value is -2.25. The van der Waals surface area contributed by atoms with Gasteiger partial charge in [-0.15, -0.1) is 11.3 Å². The van der Waals surface area contributed by atoms with Crippen molar-refractivity contribution in [3.63, 3.8) is 0 Å². The lowest BCUT2D eigenvalue weighted by Gasteiger charge is -2.25. The van der Waals surface area contributed by atoms with Gasteiger partial charge in [0.1, 0.15) is 17.7 Å². The van der Waals surface area contributed by atoms with Crippen molar-refractivity contribution in [3.8, 4) is 16.2 Å². The summed E-state index contributed by atoms with van der Waals surface area (Å²) in [6.07, 6.45) is 4.56. The van der Waals surface area contributed by atoms with Gasteiger partial charge in [0.15, 0.2) is 5.78 Å². The molecule has 1 aromatic heterocycles. The average molecular weight is 431 g/mol. The quantitative estimate of drug-likeness (QED) is 0.727. The largest absolute Gasteiger partial charge is 0.487 e. The number of hydrogen-bond donors (Lipinski definition) is 1. The molecule has 2 aliphatic rings. The summed E-state index contributed by atoms with van der Waals surface area (Å²) in [5.41, 5.74) is 1.47. The van der Waals surface area contributed by atoms with Crippen molar-refractivity contribution in [2.75, 3.05) is 20.1 Å². The molecule has 5 nitrogen and oxygen atoms in total. The van der Waals surface area contributed by atoms with Gasteiger partial charge in [-0.05, 0) is 57.6 Å². The van der Waals surface area contributed by atoms with Crippen molar-refractivity contribution >= 4 is 23.0 Å². The van der Waals surface area contributed by atoms with Crippen LogP contribution in [0.1, 0.15) is 47.8 Å². The molecule has 2 aromatic rings. The summed E-state index contributed by atoms with van der Waals surface area (Å²) in [7, 11) is 2.00. The molecule has 0 unspecified atom stereocenters. The molecule has 160 valence electrons. The Kier molecular flexibility index (Phi) is 6.20. The molecule has 0 bridgehead atoms. The molecule has 30 heavy (non-hydrogen) atoms. The van der Waals surface area contributed by atoms with Gasteiger partial charge >= 0.3 is 0 Å². The number of halogens is 1. The van der Waals surface area contributed by atoms with E-state index in [4.69, 9.17) is 4.74 Å². The van der Waals surface area contributed by atoms with Crippen molar-refractivity contribution in [2.24, 2.45) is 0 Å². The Labute approximate surface area is 180 Å². The lowest BCUT2D eigenvalue weighted by Crippen LogP contribution is -2.47. The van der Waals surface area contributed by atoms with Gasteiger partial charge in [0.25, 0.3) is 0 Å². The first-order chi connectivity index (χ1) is 14.4. The highest BCUT2D eigenvalue weighted by Crippen LogP contribution is 2.42. The Morgan fingerprint density at radius 2 is 2.10 bits per heavy atom. The van der Waals surface area contributed by atoms with E-state index in [1.807, 2.05) is 13.1 Å². The number of ketones is 1. The molecule has 2 atom stereocenters. The number of ether oxygens (including phenoxy) is 1. The Balaban J connectivity index is 1.45. The van der Waals surface area contributed by atoms with E-state index in [2.05, 4.69) is 10.2 Å². The standard InChI is InChI=1S/C23H27FN2O3S/c1-14(27)20-7-8-21(30-20)18-12-16(24)10-15-11-17(29-22(15)18)13-25-23(28)19-6-4-3-5-9-26(19)2/h7-8,10,12,17,19H,3-6,9,11,13H2,1-2H3,(H,25,28)/t17-,19+/m0/s1. The number of Topliss-reactive ketones (excluding diaryl/α,β-unsaturated/α-hetero) is 1. The van der Waals surface area contributed by atoms with Crippen LogP contribution in [0.15, 0.2) is 24.3 Å². The van der Waals surface area contributed by atoms with Gasteiger partial charge in [0.2, 0.25) is 5.91 Å². The maximum atomic E-state index is 14.2. The van der Waals surface area contributed by atoms with Crippen LogP contribution in [0.4, 0.5) is 4.39 Å². The van der Waals surface area contributed by atoms with E-state index in [9.17, 15) is 14.0 Å². The van der Waals surface area contributed by atoms with E-state index < -0.39 is 0 Å². The molecule has 0 aliphatic carbocycles. The minimum Gasteiger partial charge on any atom is -0.487 e. The lowest BCUT2D eigenvalue weighted by atomic mass is 10.0. The minimum absolute atomic E-state index is 0.00992. The Morgan fingerprint density at radius 3 is 2.87 bits per heavy atom. The van der Waals surface area contributed by atoms with Crippen LogP contribution in [0.3, 0.4) is 0 Å². The molecule has 1 N–H and O–H groups in total. The molecule has 1 aromatic carbocycles. The van der Waals surface area contributed by atoms with E-state index >= 15 is 0 Å². The van der Waals surface area contributed by atoms with Crippen molar-refractivity contribution in [3.05, 3.63) is 40.5 Å². The van der Waals surface area contributed by atoms with Crippen molar-refractivity contribution in [1.82, 2.24) is 10.2 Å². The molecule has 2 aliphatic heterocycles. The van der Waals surface area contributed by atoms with Crippen LogP contribution in [-0.2, 0) is 11.2 Å². The lowest BCUT2D eigenvalue weighted by molar-refractivity contribution is -0.126. The third kappa shape index (κ3) is 4.42. The molecule has 4 rings (SSSR count). The summed E-state index contributed by atoms with van der Waals surface area (Å²) in [5, 5.41) is 3.04. The molecule has 0 spiro atoms. The summed E-state index contributed by atoms with van der Waals surface area (Å²) in [6.45, 7) is 2.85. The van der Waals surface area contributed by atoms with E-state index in [0.29, 0.717) is 29.2 Å². The highest BCUT2D eigenvalue weighted by atomic mass is 32.1. The van der Waals surface area contributed by atoms with E-state index in [0.717, 1.165) is 42.7 Å².